The zero-order chi connectivity index (χ0) is 57.7. The standard InChI is InChI=1S/C56H41N.C27H27N/c1-5-21-41(22-6-1)39-43-25-13-14-30-47(43)51-33-17-20-36-55(51)57(54-35-19-16-31-48(54)42-23-7-2-8-24-42)46-37-38-50-49-32-15-18-34-52(49)56(53(50)40-46,44-26-9-3-10-27-44)45-28-11-4-12-29-45;1-19-16-17-28(23-11-6-5-7-12-23)27-25(22(4)18-19)15-14-21(3)26(27)24-13-9-8-10-20(24)2/h1-38,40H,39H2;6,8-18H,4-5,7H2,1-3H3/b;17-16-,19-18-. The van der Waals surface area contributed by atoms with E-state index in [4.69, 9.17) is 0 Å². The van der Waals surface area contributed by atoms with Gasteiger partial charge in [0.15, 0.2) is 0 Å². The third-order valence-corrected chi connectivity index (χ3v) is 17.1. The minimum Gasteiger partial charge on any atom is -0.316 e. The van der Waals surface area contributed by atoms with Crippen molar-refractivity contribution in [1.82, 2.24) is 0 Å². The summed E-state index contributed by atoms with van der Waals surface area (Å²) in [5.41, 5.74) is 28.9. The van der Waals surface area contributed by atoms with Gasteiger partial charge in [-0.3, -0.25) is 0 Å². The minimum atomic E-state index is -0.517. The topological polar surface area (TPSA) is 6.48 Å². The van der Waals surface area contributed by atoms with Gasteiger partial charge in [-0.25, -0.2) is 0 Å². The highest BCUT2D eigenvalue weighted by Crippen LogP contribution is 2.58. The molecule has 2 nitrogen and oxygen atoms in total. The lowest BCUT2D eigenvalue weighted by Crippen LogP contribution is -2.28. The van der Waals surface area contributed by atoms with Crippen LogP contribution < -0.4 is 9.80 Å². The van der Waals surface area contributed by atoms with Crippen molar-refractivity contribution < 1.29 is 0 Å². The van der Waals surface area contributed by atoms with E-state index in [0.717, 1.165) is 41.9 Å². The smallest absolute Gasteiger partial charge is 0.0714 e. The van der Waals surface area contributed by atoms with Gasteiger partial charge in [-0.1, -0.05) is 274 Å². The maximum Gasteiger partial charge on any atom is 0.0714 e. The number of hydrogen-bond acceptors (Lipinski definition) is 2. The molecule has 0 saturated carbocycles. The van der Waals surface area contributed by atoms with Crippen molar-refractivity contribution in [3.05, 3.63) is 377 Å². The van der Waals surface area contributed by atoms with Crippen LogP contribution in [-0.4, -0.2) is 0 Å². The molecule has 0 atom stereocenters. The molecule has 0 saturated heterocycles. The predicted molar refractivity (Wildman–Crippen MR) is 361 cm³/mol. The number of nitrogens with zero attached hydrogens (tertiary/aromatic N) is 2. The second-order valence-corrected chi connectivity index (χ2v) is 22.5. The van der Waals surface area contributed by atoms with E-state index >= 15 is 0 Å². The van der Waals surface area contributed by atoms with Crippen molar-refractivity contribution in [3.63, 3.8) is 0 Å². The van der Waals surface area contributed by atoms with E-state index < -0.39 is 5.41 Å². The predicted octanol–water partition coefficient (Wildman–Crippen LogP) is 21.9. The fourth-order valence-electron chi connectivity index (χ4n) is 13.2. The fraction of sp³-hybridized carbons (Fsp3) is 0.0843. The number of aryl methyl sites for hydroxylation is 2. The van der Waals surface area contributed by atoms with E-state index in [9.17, 15) is 0 Å². The summed E-state index contributed by atoms with van der Waals surface area (Å²) in [7, 11) is 0. The Morgan fingerprint density at radius 3 is 1.68 bits per heavy atom. The Bertz CT molecular complexity index is 4330. The summed E-state index contributed by atoms with van der Waals surface area (Å²) in [5, 5.41) is 0. The molecule has 0 spiro atoms. The number of benzene rings is 11. The van der Waals surface area contributed by atoms with Gasteiger partial charge in [-0.05, 0) is 160 Å². The highest BCUT2D eigenvalue weighted by Gasteiger charge is 2.46. The second-order valence-electron chi connectivity index (χ2n) is 22.5. The first-order chi connectivity index (χ1) is 41.9. The average Bonchev–Trinajstić information content (AvgIpc) is 1.93. The summed E-state index contributed by atoms with van der Waals surface area (Å²) >= 11 is 0. The van der Waals surface area contributed by atoms with Crippen molar-refractivity contribution in [2.45, 2.75) is 45.4 Å². The van der Waals surface area contributed by atoms with Crippen LogP contribution >= 0.6 is 0 Å². The molecule has 85 heavy (non-hydrogen) atoms. The van der Waals surface area contributed by atoms with Crippen molar-refractivity contribution in [3.8, 4) is 44.5 Å². The van der Waals surface area contributed by atoms with E-state index in [1.54, 1.807) is 0 Å². The number of anilines is 4. The lowest BCUT2D eigenvalue weighted by molar-refractivity contribution is 0.768. The van der Waals surface area contributed by atoms with Gasteiger partial charge < -0.3 is 9.80 Å². The maximum absolute atomic E-state index is 4.40. The normalized spacial score (nSPS) is 14.7. The van der Waals surface area contributed by atoms with Gasteiger partial charge in [0, 0.05) is 39.8 Å². The highest BCUT2D eigenvalue weighted by atomic mass is 15.1. The largest absolute Gasteiger partial charge is 0.316 e. The highest BCUT2D eigenvalue weighted by molar-refractivity contribution is 5.98. The van der Waals surface area contributed by atoms with Gasteiger partial charge in [0.1, 0.15) is 0 Å². The number of hydrogen-bond donors (Lipinski definition) is 0. The molecule has 0 aromatic heterocycles. The average molecular weight is 1090 g/mol. The van der Waals surface area contributed by atoms with Crippen LogP contribution in [0.4, 0.5) is 22.7 Å². The van der Waals surface area contributed by atoms with E-state index in [1.807, 2.05) is 0 Å². The van der Waals surface area contributed by atoms with E-state index in [0.29, 0.717) is 0 Å². The lowest BCUT2D eigenvalue weighted by atomic mass is 9.67. The summed E-state index contributed by atoms with van der Waals surface area (Å²) in [5.74, 6) is 0. The molecule has 1 heterocycles. The summed E-state index contributed by atoms with van der Waals surface area (Å²) in [4.78, 5) is 4.85. The van der Waals surface area contributed by atoms with Crippen LogP contribution in [0.2, 0.25) is 0 Å². The summed E-state index contributed by atoms with van der Waals surface area (Å²) in [6, 6.07) is 99.7. The molecule has 0 fully saturated rings. The summed E-state index contributed by atoms with van der Waals surface area (Å²) < 4.78 is 0. The van der Waals surface area contributed by atoms with Crippen LogP contribution in [0.25, 0.3) is 50.1 Å². The third-order valence-electron chi connectivity index (χ3n) is 17.1. The van der Waals surface area contributed by atoms with Crippen molar-refractivity contribution in [1.29, 1.82) is 0 Å². The van der Waals surface area contributed by atoms with E-state index in [1.165, 1.54) is 112 Å². The van der Waals surface area contributed by atoms with Crippen LogP contribution in [0.5, 0.6) is 0 Å². The lowest BCUT2D eigenvalue weighted by Gasteiger charge is -2.35. The van der Waals surface area contributed by atoms with Crippen molar-refractivity contribution in [2.24, 2.45) is 0 Å². The molecule has 410 valence electrons. The first-order valence-corrected chi connectivity index (χ1v) is 29.8. The Labute approximate surface area is 502 Å². The molecular weight excluding hydrogens is 1020 g/mol. The Kier molecular flexibility index (Phi) is 15.2. The molecule has 1 aliphatic heterocycles. The monoisotopic (exact) mass is 1090 g/mol. The molecular formula is C83H68N2. The van der Waals surface area contributed by atoms with Crippen LogP contribution in [0, 0.1) is 13.8 Å². The Morgan fingerprint density at radius 2 is 1.00 bits per heavy atom. The van der Waals surface area contributed by atoms with Crippen LogP contribution in [0.15, 0.2) is 327 Å². The minimum absolute atomic E-state index is 0.517. The SMILES string of the molecule is C=C1/C=C(C)\C=C/N(C2=CCCC=C2)c2c1ccc(C)c2-c1ccccc1C.c1ccc(Cc2ccccc2-c2ccccc2N(c2ccc3c(c2)C(c2ccccc2)(c2ccccc2)c2ccccc2-3)c2ccccc2-c2ccccc2)cc1. The second kappa shape index (κ2) is 23.9. The zero-order valence-corrected chi connectivity index (χ0v) is 48.7. The third kappa shape index (κ3) is 10.3. The first kappa shape index (κ1) is 54.0. The van der Waals surface area contributed by atoms with Crippen LogP contribution in [-0.2, 0) is 11.8 Å². The van der Waals surface area contributed by atoms with Gasteiger partial charge in [0.05, 0.1) is 22.5 Å². The summed E-state index contributed by atoms with van der Waals surface area (Å²) in [6.45, 7) is 10.9. The molecule has 0 bridgehead atoms. The Morgan fingerprint density at radius 1 is 0.447 bits per heavy atom. The Hall–Kier alpha value is -10.3. The quantitative estimate of drug-likeness (QED) is 0.127. The molecule has 0 radical (unpaired) electrons. The first-order valence-electron chi connectivity index (χ1n) is 29.8. The van der Waals surface area contributed by atoms with E-state index in [2.05, 4.69) is 347 Å². The molecule has 14 rings (SSSR count). The van der Waals surface area contributed by atoms with E-state index in [-0.39, 0.29) is 0 Å². The molecule has 11 aromatic carbocycles. The number of rotatable bonds is 11. The molecule has 3 aliphatic rings. The maximum atomic E-state index is 4.40. The van der Waals surface area contributed by atoms with Crippen LogP contribution in [0.1, 0.15) is 69.8 Å². The summed E-state index contributed by atoms with van der Waals surface area (Å²) in [6.07, 6.45) is 16.4. The van der Waals surface area contributed by atoms with Crippen molar-refractivity contribution in [2.75, 3.05) is 9.80 Å². The molecule has 0 N–H and O–H groups in total. The zero-order valence-electron chi connectivity index (χ0n) is 48.7. The molecule has 0 unspecified atom stereocenters. The van der Waals surface area contributed by atoms with Crippen LogP contribution in [0.3, 0.4) is 0 Å². The molecule has 0 amide bonds. The van der Waals surface area contributed by atoms with Gasteiger partial charge in [-0.15, -0.1) is 0 Å². The number of allylic oxidation sites excluding steroid dienone is 7. The van der Waals surface area contributed by atoms with Gasteiger partial charge >= 0.3 is 0 Å². The number of fused-ring (bicyclic) bond motifs is 4. The molecule has 2 aliphatic carbocycles. The molecule has 2 heteroatoms. The number of para-hydroxylation sites is 2. The van der Waals surface area contributed by atoms with Gasteiger partial charge in [0.25, 0.3) is 0 Å². The van der Waals surface area contributed by atoms with Crippen molar-refractivity contribution >= 4 is 28.3 Å². The van der Waals surface area contributed by atoms with Gasteiger partial charge in [-0.2, -0.15) is 0 Å². The molecule has 11 aromatic rings. The van der Waals surface area contributed by atoms with Gasteiger partial charge in [0.2, 0.25) is 0 Å². The Balaban J connectivity index is 0.000000201. The fourth-order valence-corrected chi connectivity index (χ4v) is 13.2.